The molecule has 22 heavy (non-hydrogen) atoms. The molecule has 0 aliphatic carbocycles. The smallest absolute Gasteiger partial charge is 0.154 e. The third-order valence-electron chi connectivity index (χ3n) is 3.36. The topological polar surface area (TPSA) is 104 Å². The van der Waals surface area contributed by atoms with E-state index in [0.29, 0.717) is 29.4 Å². The van der Waals surface area contributed by atoms with Gasteiger partial charge in [-0.1, -0.05) is 13.0 Å². The Kier molecular flexibility index (Phi) is 8.55. The molecule has 0 radical (unpaired) electrons. The lowest BCUT2D eigenvalue weighted by molar-refractivity contribution is 0.0200. The van der Waals surface area contributed by atoms with E-state index in [9.17, 15) is 9.59 Å². The molecule has 0 bridgehead atoms. The zero-order chi connectivity index (χ0) is 17.3. The highest BCUT2D eigenvalue weighted by atomic mass is 16.5. The number of rotatable bonds is 6. The molecule has 6 heteroatoms. The summed E-state index contributed by atoms with van der Waals surface area (Å²) < 4.78 is 5.06. The zero-order valence-electron chi connectivity index (χ0n) is 13.4. The minimum atomic E-state index is -0.708. The molecular formula is C16H24O6. The Morgan fingerprint density at radius 3 is 1.55 bits per heavy atom. The highest BCUT2D eigenvalue weighted by molar-refractivity contribution is 5.91. The third-order valence-corrected chi connectivity index (χ3v) is 3.36. The van der Waals surface area contributed by atoms with Crippen LogP contribution in [0.3, 0.4) is 0 Å². The molecule has 124 valence electrons. The van der Waals surface area contributed by atoms with E-state index in [0.717, 1.165) is 11.1 Å². The van der Waals surface area contributed by atoms with Crippen molar-refractivity contribution in [2.75, 3.05) is 26.9 Å². The second-order valence-corrected chi connectivity index (χ2v) is 5.39. The van der Waals surface area contributed by atoms with E-state index in [1.807, 2.05) is 13.8 Å². The minimum Gasteiger partial charge on any atom is -0.495 e. The predicted molar refractivity (Wildman–Crippen MR) is 82.6 cm³/mol. The lowest BCUT2D eigenvalue weighted by atomic mass is 9.95. The van der Waals surface area contributed by atoms with E-state index in [4.69, 9.17) is 20.1 Å². The molecule has 0 saturated heterocycles. The largest absolute Gasteiger partial charge is 0.495 e. The molecular weight excluding hydrogens is 288 g/mol. The molecule has 3 N–H and O–H groups in total. The number of aryl methyl sites for hydroxylation is 2. The fourth-order valence-electron chi connectivity index (χ4n) is 1.65. The van der Waals surface area contributed by atoms with Gasteiger partial charge in [-0.2, -0.15) is 0 Å². The van der Waals surface area contributed by atoms with E-state index in [2.05, 4.69) is 0 Å². The van der Waals surface area contributed by atoms with Gasteiger partial charge in [0.2, 0.25) is 0 Å². The fraction of sp³-hybridized carbons (Fsp3) is 0.500. The lowest BCUT2D eigenvalue weighted by Crippen LogP contribution is -2.29. The van der Waals surface area contributed by atoms with E-state index < -0.39 is 5.41 Å². The molecule has 0 aliphatic rings. The number of hydrogen-bond acceptors (Lipinski definition) is 6. The van der Waals surface area contributed by atoms with Crippen molar-refractivity contribution in [3.05, 3.63) is 28.3 Å². The quantitative estimate of drug-likeness (QED) is 0.674. The van der Waals surface area contributed by atoms with Gasteiger partial charge in [-0.3, -0.25) is 9.59 Å². The number of methoxy groups -OCH3 is 1. The van der Waals surface area contributed by atoms with Crippen molar-refractivity contribution in [2.24, 2.45) is 5.41 Å². The summed E-state index contributed by atoms with van der Waals surface area (Å²) in [6.07, 6.45) is 1.42. The maximum atomic E-state index is 10.8. The maximum Gasteiger partial charge on any atom is 0.154 e. The fourth-order valence-corrected chi connectivity index (χ4v) is 1.65. The van der Waals surface area contributed by atoms with Crippen LogP contribution in [-0.4, -0.2) is 54.8 Å². The Morgan fingerprint density at radius 1 is 1.00 bits per heavy atom. The SMILES string of the molecule is CC(CO)(CO)CO.COc1c(C=O)c(C)cc(C)c1C=O. The molecule has 0 amide bonds. The lowest BCUT2D eigenvalue weighted by Gasteiger charge is -2.20. The van der Waals surface area contributed by atoms with Crippen molar-refractivity contribution in [3.8, 4) is 5.75 Å². The van der Waals surface area contributed by atoms with E-state index in [1.54, 1.807) is 13.0 Å². The van der Waals surface area contributed by atoms with E-state index >= 15 is 0 Å². The number of benzene rings is 1. The number of carbonyl (C=O) groups is 2. The van der Waals surface area contributed by atoms with Crippen LogP contribution in [-0.2, 0) is 0 Å². The van der Waals surface area contributed by atoms with E-state index in [1.165, 1.54) is 7.11 Å². The van der Waals surface area contributed by atoms with Crippen LogP contribution in [0.25, 0.3) is 0 Å². The summed E-state index contributed by atoms with van der Waals surface area (Å²) >= 11 is 0. The van der Waals surface area contributed by atoms with Crippen molar-refractivity contribution in [3.63, 3.8) is 0 Å². The molecule has 0 aromatic heterocycles. The van der Waals surface area contributed by atoms with Crippen LogP contribution in [0, 0.1) is 19.3 Å². The van der Waals surface area contributed by atoms with Gasteiger partial charge < -0.3 is 20.1 Å². The molecule has 0 fully saturated rings. The van der Waals surface area contributed by atoms with Crippen LogP contribution in [0.15, 0.2) is 6.07 Å². The molecule has 0 heterocycles. The Labute approximate surface area is 130 Å². The average Bonchev–Trinajstić information content (AvgIpc) is 2.54. The first-order chi connectivity index (χ1) is 10.3. The van der Waals surface area contributed by atoms with Crippen LogP contribution in [0.5, 0.6) is 5.75 Å². The van der Waals surface area contributed by atoms with Gasteiger partial charge >= 0.3 is 0 Å². The first kappa shape index (κ1) is 20.2. The van der Waals surface area contributed by atoms with Gasteiger partial charge in [0.05, 0.1) is 38.1 Å². The van der Waals surface area contributed by atoms with Crippen molar-refractivity contribution in [1.82, 2.24) is 0 Å². The molecule has 0 unspecified atom stereocenters. The summed E-state index contributed by atoms with van der Waals surface area (Å²) in [7, 11) is 1.45. The first-order valence-corrected chi connectivity index (χ1v) is 6.75. The Balaban J connectivity index is 0.000000472. The van der Waals surface area contributed by atoms with E-state index in [-0.39, 0.29) is 19.8 Å². The van der Waals surface area contributed by atoms with Gasteiger partial charge in [-0.15, -0.1) is 0 Å². The van der Waals surface area contributed by atoms with Crippen molar-refractivity contribution < 1.29 is 29.6 Å². The number of ether oxygens (including phenoxy) is 1. The van der Waals surface area contributed by atoms with Crippen LogP contribution in [0.1, 0.15) is 38.8 Å². The van der Waals surface area contributed by atoms with Gasteiger partial charge in [-0.05, 0) is 25.0 Å². The maximum absolute atomic E-state index is 10.8. The Hall–Kier alpha value is -1.76. The van der Waals surface area contributed by atoms with Gasteiger partial charge in [0.1, 0.15) is 5.75 Å². The predicted octanol–water partition coefficient (Wildman–Crippen LogP) is 0.907. The third kappa shape index (κ3) is 4.91. The molecule has 1 aromatic carbocycles. The Morgan fingerprint density at radius 2 is 1.36 bits per heavy atom. The zero-order valence-corrected chi connectivity index (χ0v) is 13.4. The van der Waals surface area contributed by atoms with Gasteiger partial charge in [0.15, 0.2) is 12.6 Å². The Bertz CT molecular complexity index is 465. The highest BCUT2D eigenvalue weighted by Gasteiger charge is 2.20. The van der Waals surface area contributed by atoms with Crippen LogP contribution >= 0.6 is 0 Å². The van der Waals surface area contributed by atoms with Crippen LogP contribution in [0.2, 0.25) is 0 Å². The summed E-state index contributed by atoms with van der Waals surface area (Å²) in [6.45, 7) is 4.69. The average molecular weight is 312 g/mol. The van der Waals surface area contributed by atoms with Crippen molar-refractivity contribution in [2.45, 2.75) is 20.8 Å². The second-order valence-electron chi connectivity index (χ2n) is 5.39. The van der Waals surface area contributed by atoms with Gasteiger partial charge in [-0.25, -0.2) is 0 Å². The molecule has 0 spiro atoms. The van der Waals surface area contributed by atoms with Crippen LogP contribution < -0.4 is 4.74 Å². The molecule has 6 nitrogen and oxygen atoms in total. The summed E-state index contributed by atoms with van der Waals surface area (Å²) in [5, 5.41) is 25.4. The molecule has 0 saturated carbocycles. The number of hydrogen-bond donors (Lipinski definition) is 3. The summed E-state index contributed by atoms with van der Waals surface area (Å²) in [6, 6.07) is 1.80. The molecule has 1 aromatic rings. The number of aliphatic hydroxyl groups is 3. The first-order valence-electron chi connectivity index (χ1n) is 6.75. The van der Waals surface area contributed by atoms with Crippen molar-refractivity contribution >= 4 is 12.6 Å². The minimum absolute atomic E-state index is 0.181. The molecule has 0 aliphatic heterocycles. The number of aldehydes is 2. The van der Waals surface area contributed by atoms with Gasteiger partial charge in [0.25, 0.3) is 0 Å². The molecule has 0 atom stereocenters. The second kappa shape index (κ2) is 9.30. The van der Waals surface area contributed by atoms with Crippen LogP contribution in [0.4, 0.5) is 0 Å². The highest BCUT2D eigenvalue weighted by Crippen LogP contribution is 2.27. The summed E-state index contributed by atoms with van der Waals surface area (Å²) in [5.74, 6) is 0.368. The number of aliphatic hydroxyl groups excluding tert-OH is 3. The molecule has 1 rings (SSSR count). The van der Waals surface area contributed by atoms with Crippen molar-refractivity contribution in [1.29, 1.82) is 0 Å². The normalized spacial score (nSPS) is 10.5. The summed E-state index contributed by atoms with van der Waals surface area (Å²) in [5.41, 5.74) is 1.82. The summed E-state index contributed by atoms with van der Waals surface area (Å²) in [4.78, 5) is 21.6. The van der Waals surface area contributed by atoms with Gasteiger partial charge in [0, 0.05) is 5.41 Å². The monoisotopic (exact) mass is 312 g/mol. The number of carbonyl (C=O) groups excluding carboxylic acids is 2. The standard InChI is InChI=1S/C11H12O3.C5H12O3/c1-7-4-8(2)10(6-13)11(14-3)9(7)5-12;1-5(2-6,3-7)4-8/h4-6H,1-3H3;6-8H,2-4H2,1H3.